The van der Waals surface area contributed by atoms with Crippen LogP contribution in [0.25, 0.3) is 0 Å². The second-order valence-electron chi connectivity index (χ2n) is 3.92. The van der Waals surface area contributed by atoms with Gasteiger partial charge in [0.25, 0.3) is 0 Å². The van der Waals surface area contributed by atoms with Crippen LogP contribution in [0.3, 0.4) is 0 Å². The molecule has 94 valence electrons. The van der Waals surface area contributed by atoms with E-state index in [4.69, 9.17) is 5.73 Å². The molecule has 2 aromatic rings. The van der Waals surface area contributed by atoms with Crippen molar-refractivity contribution in [1.82, 2.24) is 0 Å². The first kappa shape index (κ1) is 13.2. The van der Waals surface area contributed by atoms with Gasteiger partial charge in [0.15, 0.2) is 0 Å². The molecular weight excluding hydrogens is 262 g/mol. The van der Waals surface area contributed by atoms with E-state index in [0.717, 1.165) is 17.1 Å². The number of thioether (sulfide) groups is 1. The molecule has 0 unspecified atom stereocenters. The van der Waals surface area contributed by atoms with Gasteiger partial charge >= 0.3 is 0 Å². The van der Waals surface area contributed by atoms with E-state index < -0.39 is 0 Å². The number of anilines is 1. The van der Waals surface area contributed by atoms with Crippen molar-refractivity contribution in [3.8, 4) is 0 Å². The van der Waals surface area contributed by atoms with Gasteiger partial charge in [0.1, 0.15) is 0 Å². The summed E-state index contributed by atoms with van der Waals surface area (Å²) < 4.78 is 1.20. The van der Waals surface area contributed by atoms with Gasteiger partial charge in [-0.2, -0.15) is 0 Å². The lowest BCUT2D eigenvalue weighted by Gasteiger charge is -1.99. The van der Waals surface area contributed by atoms with Crippen molar-refractivity contribution in [1.29, 1.82) is 0 Å². The van der Waals surface area contributed by atoms with Crippen LogP contribution in [0.15, 0.2) is 40.6 Å². The summed E-state index contributed by atoms with van der Waals surface area (Å²) in [5.41, 5.74) is 6.97. The first-order chi connectivity index (χ1) is 8.70. The number of carbonyl (C=O) groups excluding carboxylic acids is 1. The molecule has 0 amide bonds. The summed E-state index contributed by atoms with van der Waals surface area (Å²) in [5, 5.41) is 0. The lowest BCUT2D eigenvalue weighted by molar-refractivity contribution is 0.104. The number of hydrogen-bond acceptors (Lipinski definition) is 4. The molecule has 2 nitrogen and oxygen atoms in total. The van der Waals surface area contributed by atoms with Gasteiger partial charge in [0.05, 0.1) is 9.09 Å². The minimum atomic E-state index is 0.0515. The van der Waals surface area contributed by atoms with E-state index >= 15 is 0 Å². The van der Waals surface area contributed by atoms with Crippen LogP contribution in [0.5, 0.6) is 0 Å². The number of hydrogen-bond donors (Lipinski definition) is 1. The van der Waals surface area contributed by atoms with E-state index in [1.165, 1.54) is 4.21 Å². The summed E-state index contributed by atoms with van der Waals surface area (Å²) in [7, 11) is 0. The van der Waals surface area contributed by atoms with Crippen molar-refractivity contribution < 1.29 is 4.79 Å². The van der Waals surface area contributed by atoms with Crippen molar-refractivity contribution >= 4 is 34.6 Å². The average Bonchev–Trinajstić information content (AvgIpc) is 2.84. The fourth-order valence-electron chi connectivity index (χ4n) is 1.54. The van der Waals surface area contributed by atoms with Crippen LogP contribution in [-0.4, -0.2) is 11.5 Å². The lowest BCUT2D eigenvalue weighted by Crippen LogP contribution is -1.99. The second-order valence-corrected chi connectivity index (χ2v) is 6.40. The summed E-state index contributed by atoms with van der Waals surface area (Å²) in [6.07, 6.45) is 1.14. The number of nitrogen functional groups attached to an aromatic ring is 1. The number of carbonyl (C=O) groups is 1. The molecule has 0 spiro atoms. The number of benzene rings is 1. The number of thiophene rings is 1. The topological polar surface area (TPSA) is 43.1 Å². The Morgan fingerprint density at radius 3 is 2.89 bits per heavy atom. The van der Waals surface area contributed by atoms with Gasteiger partial charge in [0.2, 0.25) is 5.78 Å². The fourth-order valence-corrected chi connectivity index (χ4v) is 3.57. The van der Waals surface area contributed by atoms with Crippen molar-refractivity contribution in [2.45, 2.75) is 17.6 Å². The number of rotatable bonds is 5. The molecule has 0 saturated carbocycles. The molecular formula is C14H15NOS2. The lowest BCUT2D eigenvalue weighted by atomic mass is 10.1. The average molecular weight is 277 g/mol. The minimum Gasteiger partial charge on any atom is -0.399 e. The van der Waals surface area contributed by atoms with Gasteiger partial charge < -0.3 is 5.73 Å². The predicted octanol–water partition coefficient (Wildman–Crippen LogP) is 4.06. The molecule has 4 heteroatoms. The molecule has 18 heavy (non-hydrogen) atoms. The highest BCUT2D eigenvalue weighted by atomic mass is 32.2. The first-order valence-electron chi connectivity index (χ1n) is 5.83. The van der Waals surface area contributed by atoms with Gasteiger partial charge in [-0.25, -0.2) is 0 Å². The quantitative estimate of drug-likeness (QED) is 0.509. The molecule has 0 aliphatic carbocycles. The van der Waals surface area contributed by atoms with Crippen LogP contribution < -0.4 is 5.73 Å². The van der Waals surface area contributed by atoms with Crippen LogP contribution in [0.2, 0.25) is 0 Å². The van der Waals surface area contributed by atoms with E-state index in [1.807, 2.05) is 18.2 Å². The fraction of sp³-hybridized carbons (Fsp3) is 0.214. The number of nitrogens with two attached hydrogens (primary N) is 1. The maximum Gasteiger partial charge on any atom is 0.203 e. The third-order valence-electron chi connectivity index (χ3n) is 2.40. The van der Waals surface area contributed by atoms with Gasteiger partial charge in [-0.15, -0.1) is 23.1 Å². The summed E-state index contributed by atoms with van der Waals surface area (Å²) >= 11 is 3.35. The molecule has 0 atom stereocenters. The molecule has 0 radical (unpaired) electrons. The minimum absolute atomic E-state index is 0.0515. The summed E-state index contributed by atoms with van der Waals surface area (Å²) in [5.74, 6) is 1.14. The van der Waals surface area contributed by atoms with Crippen LogP contribution >= 0.6 is 23.1 Å². The Morgan fingerprint density at radius 2 is 2.17 bits per heavy atom. The highest BCUT2D eigenvalue weighted by Gasteiger charge is 2.12. The molecule has 0 saturated heterocycles. The SMILES string of the molecule is CCCSc1ccc(C(=O)c2cccc(N)c2)s1. The van der Waals surface area contributed by atoms with Gasteiger partial charge in [-0.05, 0) is 36.4 Å². The zero-order valence-electron chi connectivity index (χ0n) is 10.2. The standard InChI is InChI=1S/C14H15NOS2/c1-2-8-17-13-7-6-12(18-13)14(16)10-4-3-5-11(15)9-10/h3-7,9H,2,8,15H2,1H3. The molecule has 1 aromatic heterocycles. The van der Waals surface area contributed by atoms with Crippen LogP contribution in [-0.2, 0) is 0 Å². The third kappa shape index (κ3) is 3.15. The zero-order chi connectivity index (χ0) is 13.0. The van der Waals surface area contributed by atoms with E-state index in [-0.39, 0.29) is 5.78 Å². The smallest absolute Gasteiger partial charge is 0.203 e. The molecule has 0 fully saturated rings. The zero-order valence-corrected chi connectivity index (χ0v) is 11.8. The second kappa shape index (κ2) is 6.07. The van der Waals surface area contributed by atoms with Crippen molar-refractivity contribution in [2.24, 2.45) is 0 Å². The maximum atomic E-state index is 12.2. The third-order valence-corrected chi connectivity index (χ3v) is 4.92. The van der Waals surface area contributed by atoms with E-state index in [1.54, 1.807) is 41.3 Å². The van der Waals surface area contributed by atoms with E-state index in [9.17, 15) is 4.79 Å². The predicted molar refractivity (Wildman–Crippen MR) is 79.6 cm³/mol. The summed E-state index contributed by atoms with van der Waals surface area (Å²) in [6, 6.07) is 11.0. The summed E-state index contributed by atoms with van der Waals surface area (Å²) in [6.45, 7) is 2.15. The molecule has 2 rings (SSSR count). The van der Waals surface area contributed by atoms with Crippen molar-refractivity contribution in [3.63, 3.8) is 0 Å². The van der Waals surface area contributed by atoms with Crippen LogP contribution in [0.1, 0.15) is 28.6 Å². The Kier molecular flexibility index (Phi) is 4.44. The van der Waals surface area contributed by atoms with Gasteiger partial charge in [0, 0.05) is 11.3 Å². The maximum absolute atomic E-state index is 12.2. The molecule has 0 aliphatic rings. The number of ketones is 1. The van der Waals surface area contributed by atoms with E-state index in [2.05, 4.69) is 6.92 Å². The monoisotopic (exact) mass is 277 g/mol. The Balaban J connectivity index is 2.16. The largest absolute Gasteiger partial charge is 0.399 e. The van der Waals surface area contributed by atoms with E-state index in [0.29, 0.717) is 11.3 Å². The Bertz CT molecular complexity index is 548. The van der Waals surface area contributed by atoms with Crippen LogP contribution in [0, 0.1) is 0 Å². The Labute approximate surface area is 115 Å². The first-order valence-corrected chi connectivity index (χ1v) is 7.64. The Hall–Kier alpha value is -1.26. The highest BCUT2D eigenvalue weighted by molar-refractivity contribution is 8.01. The normalized spacial score (nSPS) is 10.5. The van der Waals surface area contributed by atoms with Crippen molar-refractivity contribution in [2.75, 3.05) is 11.5 Å². The molecule has 0 bridgehead atoms. The van der Waals surface area contributed by atoms with Crippen molar-refractivity contribution in [3.05, 3.63) is 46.8 Å². The van der Waals surface area contributed by atoms with Gasteiger partial charge in [-0.1, -0.05) is 19.1 Å². The molecule has 2 N–H and O–H groups in total. The highest BCUT2D eigenvalue weighted by Crippen LogP contribution is 2.29. The van der Waals surface area contributed by atoms with Gasteiger partial charge in [-0.3, -0.25) is 4.79 Å². The summed E-state index contributed by atoms with van der Waals surface area (Å²) in [4.78, 5) is 13.0. The van der Waals surface area contributed by atoms with Crippen LogP contribution in [0.4, 0.5) is 5.69 Å². The molecule has 1 aromatic carbocycles. The Morgan fingerprint density at radius 1 is 1.33 bits per heavy atom. The molecule has 0 aliphatic heterocycles. The molecule has 1 heterocycles.